The molecular formula is C21H28N4OS. The lowest BCUT2D eigenvalue weighted by atomic mass is 9.78. The van der Waals surface area contributed by atoms with E-state index in [1.807, 2.05) is 30.3 Å². The number of aromatic nitrogens is 3. The number of carbonyl (C=O) groups excluding carboxylic acids is 1. The third kappa shape index (κ3) is 3.91. The molecular weight excluding hydrogens is 356 g/mol. The van der Waals surface area contributed by atoms with Gasteiger partial charge in [-0.2, -0.15) is 0 Å². The van der Waals surface area contributed by atoms with E-state index in [1.165, 1.54) is 43.9 Å². The molecule has 2 heterocycles. The Morgan fingerprint density at radius 3 is 2.70 bits per heavy atom. The van der Waals surface area contributed by atoms with E-state index in [4.69, 9.17) is 0 Å². The van der Waals surface area contributed by atoms with Crippen LogP contribution >= 0.6 is 11.8 Å². The molecule has 2 unspecified atom stereocenters. The van der Waals surface area contributed by atoms with E-state index in [0.717, 1.165) is 42.0 Å². The molecule has 1 amide bonds. The number of rotatable bonds is 5. The highest BCUT2D eigenvalue weighted by atomic mass is 32.2. The van der Waals surface area contributed by atoms with Crippen LogP contribution in [0.15, 0.2) is 35.5 Å². The Hall–Kier alpha value is -1.82. The van der Waals surface area contributed by atoms with Crippen molar-refractivity contribution in [3.8, 4) is 11.4 Å². The molecule has 0 radical (unpaired) electrons. The molecule has 2 aromatic rings. The van der Waals surface area contributed by atoms with Gasteiger partial charge >= 0.3 is 0 Å². The van der Waals surface area contributed by atoms with E-state index in [1.54, 1.807) is 0 Å². The molecule has 0 spiro atoms. The summed E-state index contributed by atoms with van der Waals surface area (Å²) in [6.07, 6.45) is 7.53. The Kier molecular flexibility index (Phi) is 5.81. The minimum atomic E-state index is 0.267. The third-order valence-corrected chi connectivity index (χ3v) is 6.90. The average Bonchev–Trinajstić information content (AvgIpc) is 3.15. The Morgan fingerprint density at radius 2 is 1.89 bits per heavy atom. The number of nitrogens with zero attached hydrogens (tertiary/aromatic N) is 4. The monoisotopic (exact) mass is 384 g/mol. The highest BCUT2D eigenvalue weighted by Gasteiger charge is 2.35. The molecule has 144 valence electrons. The van der Waals surface area contributed by atoms with Crippen molar-refractivity contribution in [3.05, 3.63) is 30.3 Å². The van der Waals surface area contributed by atoms with E-state index in [-0.39, 0.29) is 5.91 Å². The quantitative estimate of drug-likeness (QED) is 0.724. The lowest BCUT2D eigenvalue weighted by Crippen LogP contribution is -2.50. The predicted octanol–water partition coefficient (Wildman–Crippen LogP) is 4.24. The van der Waals surface area contributed by atoms with Crippen LogP contribution in [0.4, 0.5) is 0 Å². The molecule has 1 saturated heterocycles. The smallest absolute Gasteiger partial charge is 0.233 e. The van der Waals surface area contributed by atoms with E-state index in [9.17, 15) is 4.79 Å². The zero-order valence-electron chi connectivity index (χ0n) is 16.0. The molecule has 0 N–H and O–H groups in total. The Morgan fingerprint density at radius 1 is 1.11 bits per heavy atom. The Balaban J connectivity index is 1.44. The van der Waals surface area contributed by atoms with Crippen molar-refractivity contribution >= 4 is 17.7 Å². The first kappa shape index (κ1) is 18.5. The summed E-state index contributed by atoms with van der Waals surface area (Å²) in [6.45, 7) is 3.82. The predicted molar refractivity (Wildman–Crippen MR) is 109 cm³/mol. The highest BCUT2D eigenvalue weighted by Crippen LogP contribution is 2.35. The van der Waals surface area contributed by atoms with E-state index in [2.05, 4.69) is 26.6 Å². The summed E-state index contributed by atoms with van der Waals surface area (Å²) in [5.74, 6) is 2.32. The maximum absolute atomic E-state index is 13.0. The van der Waals surface area contributed by atoms with Crippen LogP contribution in [-0.2, 0) is 11.3 Å². The summed E-state index contributed by atoms with van der Waals surface area (Å²) in [5, 5.41) is 9.58. The van der Waals surface area contributed by atoms with Gasteiger partial charge in [0.1, 0.15) is 0 Å². The summed E-state index contributed by atoms with van der Waals surface area (Å²) in [6, 6.07) is 10.6. The normalized spacial score (nSPS) is 22.5. The molecule has 2 aliphatic rings. The third-order valence-electron chi connectivity index (χ3n) is 5.95. The largest absolute Gasteiger partial charge is 0.339 e. The molecule has 2 fully saturated rings. The number of benzene rings is 1. The van der Waals surface area contributed by atoms with Crippen molar-refractivity contribution in [1.82, 2.24) is 19.7 Å². The number of hydrogen-bond donors (Lipinski definition) is 0. The molecule has 27 heavy (non-hydrogen) atoms. The number of hydrogen-bond acceptors (Lipinski definition) is 4. The fraction of sp³-hybridized carbons (Fsp3) is 0.571. The van der Waals surface area contributed by atoms with Gasteiger partial charge in [-0.1, -0.05) is 54.9 Å². The van der Waals surface area contributed by atoms with Crippen molar-refractivity contribution in [2.45, 2.75) is 63.2 Å². The van der Waals surface area contributed by atoms with Gasteiger partial charge in [-0.25, -0.2) is 0 Å². The lowest BCUT2D eigenvalue weighted by molar-refractivity contribution is -0.134. The second kappa shape index (κ2) is 8.46. The van der Waals surface area contributed by atoms with Gasteiger partial charge in [0.05, 0.1) is 5.75 Å². The number of likely N-dealkylation sites (tertiary alicyclic amines) is 1. The summed E-state index contributed by atoms with van der Waals surface area (Å²) >= 11 is 1.53. The highest BCUT2D eigenvalue weighted by molar-refractivity contribution is 7.99. The molecule has 1 aromatic carbocycles. The van der Waals surface area contributed by atoms with Crippen LogP contribution in [0.5, 0.6) is 0 Å². The van der Waals surface area contributed by atoms with Crippen LogP contribution in [-0.4, -0.2) is 43.9 Å². The van der Waals surface area contributed by atoms with Crippen LogP contribution in [0.2, 0.25) is 0 Å². The lowest BCUT2D eigenvalue weighted by Gasteiger charge is -2.44. The van der Waals surface area contributed by atoms with Crippen LogP contribution in [0.3, 0.4) is 0 Å². The summed E-state index contributed by atoms with van der Waals surface area (Å²) in [4.78, 5) is 15.1. The fourth-order valence-electron chi connectivity index (χ4n) is 4.62. The Bertz CT molecular complexity index is 774. The molecule has 2 atom stereocenters. The average molecular weight is 385 g/mol. The molecule has 1 aliphatic heterocycles. The van der Waals surface area contributed by atoms with Crippen LogP contribution in [0.1, 0.15) is 45.4 Å². The van der Waals surface area contributed by atoms with Crippen LogP contribution < -0.4 is 0 Å². The first-order valence-electron chi connectivity index (χ1n) is 10.2. The Labute approximate surface area is 165 Å². The van der Waals surface area contributed by atoms with Crippen molar-refractivity contribution in [1.29, 1.82) is 0 Å². The van der Waals surface area contributed by atoms with Crippen LogP contribution in [0, 0.1) is 5.92 Å². The summed E-state index contributed by atoms with van der Waals surface area (Å²) in [5.41, 5.74) is 1.06. The maximum atomic E-state index is 13.0. The van der Waals surface area contributed by atoms with Crippen molar-refractivity contribution in [2.24, 2.45) is 5.92 Å². The maximum Gasteiger partial charge on any atom is 0.233 e. The zero-order valence-corrected chi connectivity index (χ0v) is 16.8. The number of amides is 1. The molecule has 1 aromatic heterocycles. The number of piperidine rings is 1. The topological polar surface area (TPSA) is 51.0 Å². The van der Waals surface area contributed by atoms with E-state index in [0.29, 0.717) is 11.8 Å². The van der Waals surface area contributed by atoms with Gasteiger partial charge in [0.25, 0.3) is 0 Å². The van der Waals surface area contributed by atoms with Gasteiger partial charge in [0, 0.05) is 24.7 Å². The minimum Gasteiger partial charge on any atom is -0.339 e. The standard InChI is InChI=1S/C21H28N4OS/c1-2-24-20(17-10-4-3-5-11-17)22-23-21(24)27-15-19(26)25-14-8-12-16-9-6-7-13-18(16)25/h3-5,10-11,16,18H,2,6-9,12-15H2,1H3. The van der Waals surface area contributed by atoms with Gasteiger partial charge in [0.15, 0.2) is 11.0 Å². The van der Waals surface area contributed by atoms with E-state index < -0.39 is 0 Å². The van der Waals surface area contributed by atoms with Crippen molar-refractivity contribution < 1.29 is 4.79 Å². The van der Waals surface area contributed by atoms with Crippen LogP contribution in [0.25, 0.3) is 11.4 Å². The molecule has 1 saturated carbocycles. The molecule has 1 aliphatic carbocycles. The van der Waals surface area contributed by atoms with Gasteiger partial charge in [0.2, 0.25) is 5.91 Å². The van der Waals surface area contributed by atoms with Gasteiger partial charge in [-0.3, -0.25) is 4.79 Å². The number of fused-ring (bicyclic) bond motifs is 1. The fourth-order valence-corrected chi connectivity index (χ4v) is 5.51. The first-order chi connectivity index (χ1) is 13.3. The van der Waals surface area contributed by atoms with Gasteiger partial charge < -0.3 is 9.47 Å². The zero-order chi connectivity index (χ0) is 18.6. The second-order valence-corrected chi connectivity index (χ2v) is 8.49. The molecule has 0 bridgehead atoms. The summed E-state index contributed by atoms with van der Waals surface area (Å²) < 4.78 is 2.10. The number of thioether (sulfide) groups is 1. The first-order valence-corrected chi connectivity index (χ1v) is 11.2. The minimum absolute atomic E-state index is 0.267. The van der Waals surface area contributed by atoms with E-state index >= 15 is 0 Å². The van der Waals surface area contributed by atoms with Gasteiger partial charge in [-0.15, -0.1) is 10.2 Å². The van der Waals surface area contributed by atoms with Gasteiger partial charge in [-0.05, 0) is 38.5 Å². The SMILES string of the molecule is CCn1c(SCC(=O)N2CCCC3CCCCC32)nnc1-c1ccccc1. The second-order valence-electron chi connectivity index (χ2n) is 7.55. The molecule has 4 rings (SSSR count). The summed E-state index contributed by atoms with van der Waals surface area (Å²) in [7, 11) is 0. The van der Waals surface area contributed by atoms with Crippen molar-refractivity contribution in [3.63, 3.8) is 0 Å². The van der Waals surface area contributed by atoms with Crippen molar-refractivity contribution in [2.75, 3.05) is 12.3 Å². The number of carbonyl (C=O) groups is 1. The molecule has 5 nitrogen and oxygen atoms in total. The molecule has 6 heteroatoms.